The van der Waals surface area contributed by atoms with Gasteiger partial charge in [-0.1, -0.05) is 24.9 Å². The molecule has 0 heterocycles. The van der Waals surface area contributed by atoms with Crippen molar-refractivity contribution in [3.8, 4) is 6.07 Å². The number of hydrogen-bond acceptors (Lipinski definition) is 2. The van der Waals surface area contributed by atoms with Crippen LogP contribution in [0.5, 0.6) is 0 Å². The topological polar surface area (TPSA) is 64.9 Å². The highest BCUT2D eigenvalue weighted by Gasteiger charge is 2.09. The smallest absolute Gasteiger partial charge is 0.320 e. The van der Waals surface area contributed by atoms with E-state index in [9.17, 15) is 4.79 Å². The second-order valence-electron chi connectivity index (χ2n) is 3.58. The van der Waals surface area contributed by atoms with E-state index in [1.54, 1.807) is 24.3 Å². The zero-order chi connectivity index (χ0) is 12.7. The van der Waals surface area contributed by atoms with Gasteiger partial charge in [0, 0.05) is 10.7 Å². The lowest BCUT2D eigenvalue weighted by atomic mass is 10.2. The lowest BCUT2D eigenvalue weighted by molar-refractivity contribution is 0.250. The third-order valence-corrected chi connectivity index (χ3v) is 2.39. The van der Waals surface area contributed by atoms with Crippen molar-refractivity contribution in [2.45, 2.75) is 25.8 Å². The van der Waals surface area contributed by atoms with Gasteiger partial charge in [-0.15, -0.1) is 0 Å². The average molecular weight is 252 g/mol. The molecule has 1 atom stereocenters. The Bertz CT molecular complexity index is 411. The van der Waals surface area contributed by atoms with Crippen molar-refractivity contribution in [3.05, 3.63) is 29.3 Å². The summed E-state index contributed by atoms with van der Waals surface area (Å²) in [5.74, 6) is 0. The van der Waals surface area contributed by atoms with Crippen LogP contribution in [-0.4, -0.2) is 12.1 Å². The Kier molecular flexibility index (Phi) is 5.31. The first kappa shape index (κ1) is 13.3. The van der Waals surface area contributed by atoms with Crippen molar-refractivity contribution in [2.24, 2.45) is 0 Å². The molecule has 0 bridgehead atoms. The number of nitrogens with zero attached hydrogens (tertiary/aromatic N) is 1. The average Bonchev–Trinajstić information content (AvgIpc) is 2.31. The molecule has 0 saturated carbocycles. The molecule has 0 aliphatic heterocycles. The zero-order valence-corrected chi connectivity index (χ0v) is 10.3. The Hall–Kier alpha value is -1.73. The fraction of sp³-hybridized carbons (Fsp3) is 0.333. The van der Waals surface area contributed by atoms with Crippen LogP contribution < -0.4 is 10.6 Å². The van der Waals surface area contributed by atoms with Crippen LogP contribution in [0.3, 0.4) is 0 Å². The second-order valence-corrected chi connectivity index (χ2v) is 4.01. The number of urea groups is 1. The minimum Gasteiger partial charge on any atom is -0.322 e. The second kappa shape index (κ2) is 6.77. The number of carbonyl (C=O) groups is 1. The Morgan fingerprint density at radius 3 is 2.65 bits per heavy atom. The first-order valence-electron chi connectivity index (χ1n) is 5.38. The van der Waals surface area contributed by atoms with Gasteiger partial charge in [0.2, 0.25) is 0 Å². The molecular formula is C12H14ClN3O. The number of anilines is 1. The number of hydrogen-bond donors (Lipinski definition) is 2. The molecule has 1 aromatic carbocycles. The molecular weight excluding hydrogens is 238 g/mol. The van der Waals surface area contributed by atoms with Crippen molar-refractivity contribution in [1.82, 2.24) is 5.32 Å². The van der Waals surface area contributed by atoms with E-state index in [2.05, 4.69) is 10.6 Å². The fourth-order valence-electron chi connectivity index (χ4n) is 1.32. The summed E-state index contributed by atoms with van der Waals surface area (Å²) in [7, 11) is 0. The molecule has 5 heteroatoms. The van der Waals surface area contributed by atoms with Crippen LogP contribution in [0.25, 0.3) is 0 Å². The van der Waals surface area contributed by atoms with Gasteiger partial charge in [0.15, 0.2) is 0 Å². The van der Waals surface area contributed by atoms with E-state index in [1.165, 1.54) is 0 Å². The maximum absolute atomic E-state index is 11.5. The third kappa shape index (κ3) is 4.75. The number of nitrogens with one attached hydrogen (secondary N) is 2. The van der Waals surface area contributed by atoms with Gasteiger partial charge in [-0.2, -0.15) is 5.26 Å². The number of amides is 2. The third-order valence-electron chi connectivity index (χ3n) is 2.14. The van der Waals surface area contributed by atoms with Gasteiger partial charge in [0.1, 0.15) is 6.04 Å². The maximum atomic E-state index is 11.5. The van der Waals surface area contributed by atoms with E-state index in [-0.39, 0.29) is 6.03 Å². The summed E-state index contributed by atoms with van der Waals surface area (Å²) in [6.45, 7) is 1.96. The number of halogens is 1. The lowest BCUT2D eigenvalue weighted by Gasteiger charge is -2.11. The van der Waals surface area contributed by atoms with Crippen molar-refractivity contribution < 1.29 is 4.79 Å². The van der Waals surface area contributed by atoms with E-state index in [0.29, 0.717) is 17.1 Å². The van der Waals surface area contributed by atoms with Crippen LogP contribution >= 0.6 is 11.6 Å². The van der Waals surface area contributed by atoms with Crippen molar-refractivity contribution in [3.63, 3.8) is 0 Å². The quantitative estimate of drug-likeness (QED) is 0.863. The van der Waals surface area contributed by atoms with Crippen LogP contribution in [0.4, 0.5) is 10.5 Å². The molecule has 1 rings (SSSR count). The number of benzene rings is 1. The summed E-state index contributed by atoms with van der Waals surface area (Å²) in [6, 6.07) is 7.97. The number of rotatable bonds is 4. The monoisotopic (exact) mass is 251 g/mol. The van der Waals surface area contributed by atoms with Gasteiger partial charge in [-0.25, -0.2) is 4.79 Å². The van der Waals surface area contributed by atoms with Gasteiger partial charge in [0.25, 0.3) is 0 Å². The van der Waals surface area contributed by atoms with Gasteiger partial charge >= 0.3 is 6.03 Å². The highest BCUT2D eigenvalue weighted by atomic mass is 35.5. The molecule has 2 amide bonds. The summed E-state index contributed by atoms with van der Waals surface area (Å²) in [6.07, 6.45) is 1.49. The Labute approximate surface area is 106 Å². The maximum Gasteiger partial charge on any atom is 0.320 e. The summed E-state index contributed by atoms with van der Waals surface area (Å²) in [5, 5.41) is 14.6. The first-order valence-corrected chi connectivity index (χ1v) is 5.76. The molecule has 4 nitrogen and oxygen atoms in total. The molecule has 0 aliphatic carbocycles. The Morgan fingerprint density at radius 2 is 2.12 bits per heavy atom. The Morgan fingerprint density at radius 1 is 1.47 bits per heavy atom. The summed E-state index contributed by atoms with van der Waals surface area (Å²) in [4.78, 5) is 11.5. The summed E-state index contributed by atoms with van der Waals surface area (Å²) in [5.41, 5.74) is 0.639. The van der Waals surface area contributed by atoms with Gasteiger partial charge in [-0.3, -0.25) is 0 Å². The molecule has 1 unspecified atom stereocenters. The molecule has 0 spiro atoms. The molecule has 0 radical (unpaired) electrons. The predicted octanol–water partition coefficient (Wildman–Crippen LogP) is 3.15. The molecule has 90 valence electrons. The van der Waals surface area contributed by atoms with Crippen molar-refractivity contribution >= 4 is 23.3 Å². The van der Waals surface area contributed by atoms with E-state index in [0.717, 1.165) is 6.42 Å². The van der Waals surface area contributed by atoms with Crippen LogP contribution in [0.2, 0.25) is 5.02 Å². The minimum absolute atomic E-state index is 0.382. The van der Waals surface area contributed by atoms with Crippen molar-refractivity contribution in [2.75, 3.05) is 5.32 Å². The molecule has 0 fully saturated rings. The summed E-state index contributed by atoms with van der Waals surface area (Å²) < 4.78 is 0. The van der Waals surface area contributed by atoms with E-state index in [1.807, 2.05) is 13.0 Å². The molecule has 1 aromatic rings. The van der Waals surface area contributed by atoms with Gasteiger partial charge < -0.3 is 10.6 Å². The highest BCUT2D eigenvalue weighted by Crippen LogP contribution is 2.13. The molecule has 0 saturated heterocycles. The lowest BCUT2D eigenvalue weighted by Crippen LogP contribution is -2.36. The molecule has 0 aromatic heterocycles. The van der Waals surface area contributed by atoms with Gasteiger partial charge in [0.05, 0.1) is 6.07 Å². The van der Waals surface area contributed by atoms with Crippen LogP contribution in [0.15, 0.2) is 24.3 Å². The van der Waals surface area contributed by atoms with Crippen LogP contribution in [-0.2, 0) is 0 Å². The number of carbonyl (C=O) groups excluding carboxylic acids is 1. The first-order chi connectivity index (χ1) is 8.15. The summed E-state index contributed by atoms with van der Waals surface area (Å²) >= 11 is 5.72. The largest absolute Gasteiger partial charge is 0.322 e. The molecule has 17 heavy (non-hydrogen) atoms. The minimum atomic E-state index is -0.452. The van der Waals surface area contributed by atoms with Crippen LogP contribution in [0, 0.1) is 11.3 Å². The number of nitriles is 1. The van der Waals surface area contributed by atoms with E-state index < -0.39 is 6.04 Å². The molecule has 0 aliphatic rings. The standard InChI is InChI=1S/C12H14ClN3O/c1-2-3-11(8-14)16-12(17)15-10-6-4-9(13)5-7-10/h4-7,11H,2-3H2,1H3,(H2,15,16,17). The molecule has 2 N–H and O–H groups in total. The fourth-order valence-corrected chi connectivity index (χ4v) is 1.44. The normalized spacial score (nSPS) is 11.4. The Balaban J connectivity index is 2.49. The SMILES string of the molecule is CCCC(C#N)NC(=O)Nc1ccc(Cl)cc1. The highest BCUT2D eigenvalue weighted by molar-refractivity contribution is 6.30. The van der Waals surface area contributed by atoms with Crippen molar-refractivity contribution in [1.29, 1.82) is 5.26 Å². The van der Waals surface area contributed by atoms with E-state index >= 15 is 0 Å². The van der Waals surface area contributed by atoms with E-state index in [4.69, 9.17) is 16.9 Å². The van der Waals surface area contributed by atoms with Crippen LogP contribution in [0.1, 0.15) is 19.8 Å². The van der Waals surface area contributed by atoms with Gasteiger partial charge in [-0.05, 0) is 30.7 Å². The zero-order valence-electron chi connectivity index (χ0n) is 9.53. The predicted molar refractivity (Wildman–Crippen MR) is 67.9 cm³/mol.